The van der Waals surface area contributed by atoms with Gasteiger partial charge in [-0.3, -0.25) is 4.79 Å². The number of carbonyl (C=O) groups is 2. The first-order valence-corrected chi connectivity index (χ1v) is 8.19. The topological polar surface area (TPSA) is 68.3 Å². The number of amides is 1. The van der Waals surface area contributed by atoms with Gasteiger partial charge in [0.05, 0.1) is 10.7 Å². The zero-order chi connectivity index (χ0) is 17.4. The third-order valence-corrected chi connectivity index (χ3v) is 3.81. The van der Waals surface area contributed by atoms with Crippen LogP contribution in [0.15, 0.2) is 35.7 Å². The lowest BCUT2D eigenvalue weighted by atomic mass is 10.1. The first-order valence-electron chi connectivity index (χ1n) is 7.31. The number of rotatable bonds is 7. The molecule has 1 amide bonds. The highest BCUT2D eigenvalue weighted by Gasteiger charge is 2.05. The molecule has 1 heterocycles. The highest BCUT2D eigenvalue weighted by molar-refractivity contribution is 7.09. The normalized spacial score (nSPS) is 10.8. The van der Waals surface area contributed by atoms with Gasteiger partial charge in [-0.05, 0) is 37.1 Å². The largest absolute Gasteiger partial charge is 0.452 e. The van der Waals surface area contributed by atoms with Gasteiger partial charge in [0.1, 0.15) is 5.82 Å². The summed E-state index contributed by atoms with van der Waals surface area (Å²) in [6.07, 6.45) is 3.35. The molecule has 24 heavy (non-hydrogen) atoms. The van der Waals surface area contributed by atoms with Gasteiger partial charge < -0.3 is 10.1 Å². The van der Waals surface area contributed by atoms with E-state index in [2.05, 4.69) is 10.3 Å². The molecule has 2 rings (SSSR count). The van der Waals surface area contributed by atoms with Crippen molar-refractivity contribution in [2.75, 3.05) is 13.2 Å². The summed E-state index contributed by atoms with van der Waals surface area (Å²) in [5.41, 5.74) is 1.59. The molecule has 126 valence electrons. The SMILES string of the molecule is Cc1nc(/C=C\C(=O)OCC(=O)NCCc2ccc(F)cc2)cs1. The van der Waals surface area contributed by atoms with E-state index >= 15 is 0 Å². The molecule has 5 nitrogen and oxygen atoms in total. The van der Waals surface area contributed by atoms with Crippen molar-refractivity contribution in [3.05, 3.63) is 57.8 Å². The number of ether oxygens (including phenoxy) is 1. The fourth-order valence-corrected chi connectivity index (χ4v) is 2.42. The summed E-state index contributed by atoms with van der Waals surface area (Å²) in [5, 5.41) is 5.36. The van der Waals surface area contributed by atoms with Crippen LogP contribution in [0.5, 0.6) is 0 Å². The maximum Gasteiger partial charge on any atom is 0.331 e. The van der Waals surface area contributed by atoms with Gasteiger partial charge in [-0.1, -0.05) is 12.1 Å². The molecule has 0 atom stereocenters. The first kappa shape index (κ1) is 17.8. The van der Waals surface area contributed by atoms with Gasteiger partial charge in [0, 0.05) is 18.0 Å². The van der Waals surface area contributed by atoms with Crippen LogP contribution in [-0.4, -0.2) is 30.0 Å². The zero-order valence-corrected chi connectivity index (χ0v) is 13.9. The van der Waals surface area contributed by atoms with Crippen LogP contribution in [0, 0.1) is 12.7 Å². The molecule has 1 aromatic heterocycles. The number of hydrogen-bond acceptors (Lipinski definition) is 5. The van der Waals surface area contributed by atoms with Crippen molar-refractivity contribution >= 4 is 29.3 Å². The van der Waals surface area contributed by atoms with Crippen molar-refractivity contribution < 1.29 is 18.7 Å². The Morgan fingerprint density at radius 1 is 1.33 bits per heavy atom. The Labute approximate surface area is 143 Å². The van der Waals surface area contributed by atoms with E-state index in [1.165, 1.54) is 35.6 Å². The molecule has 0 aliphatic heterocycles. The molecule has 0 saturated carbocycles. The van der Waals surface area contributed by atoms with Crippen molar-refractivity contribution in [3.63, 3.8) is 0 Å². The van der Waals surface area contributed by atoms with Crippen molar-refractivity contribution in [1.29, 1.82) is 0 Å². The number of aryl methyl sites for hydroxylation is 1. The van der Waals surface area contributed by atoms with Gasteiger partial charge in [-0.15, -0.1) is 11.3 Å². The maximum absolute atomic E-state index is 12.8. The summed E-state index contributed by atoms with van der Waals surface area (Å²) in [4.78, 5) is 27.3. The number of nitrogens with zero attached hydrogens (tertiary/aromatic N) is 1. The average molecular weight is 348 g/mol. The minimum absolute atomic E-state index is 0.296. The van der Waals surface area contributed by atoms with Crippen LogP contribution in [0.2, 0.25) is 0 Å². The van der Waals surface area contributed by atoms with Crippen LogP contribution in [0.1, 0.15) is 16.3 Å². The number of nitrogens with one attached hydrogen (secondary N) is 1. The molecule has 2 aromatic rings. The summed E-state index contributed by atoms with van der Waals surface area (Å²) < 4.78 is 17.6. The van der Waals surface area contributed by atoms with E-state index in [9.17, 15) is 14.0 Å². The van der Waals surface area contributed by atoms with E-state index < -0.39 is 5.97 Å². The summed E-state index contributed by atoms with van der Waals surface area (Å²) in [7, 11) is 0. The van der Waals surface area contributed by atoms with Crippen molar-refractivity contribution in [3.8, 4) is 0 Å². The van der Waals surface area contributed by atoms with Gasteiger partial charge in [0.2, 0.25) is 0 Å². The molecular formula is C17H17FN2O3S. The predicted octanol–water partition coefficient (Wildman–Crippen LogP) is 2.51. The van der Waals surface area contributed by atoms with Crippen LogP contribution in [0.3, 0.4) is 0 Å². The third-order valence-electron chi connectivity index (χ3n) is 3.02. The molecule has 1 N–H and O–H groups in total. The lowest BCUT2D eigenvalue weighted by Gasteiger charge is -2.05. The fourth-order valence-electron chi connectivity index (χ4n) is 1.84. The molecule has 0 fully saturated rings. The first-order chi connectivity index (χ1) is 11.5. The lowest BCUT2D eigenvalue weighted by molar-refractivity contribution is -0.143. The minimum Gasteiger partial charge on any atom is -0.452 e. The number of carbonyl (C=O) groups excluding carboxylic acids is 2. The highest BCUT2D eigenvalue weighted by Crippen LogP contribution is 2.09. The Morgan fingerprint density at radius 3 is 2.75 bits per heavy atom. The molecule has 0 unspecified atom stereocenters. The van der Waals surface area contributed by atoms with Gasteiger partial charge in [-0.25, -0.2) is 14.2 Å². The number of thiazole rings is 1. The lowest BCUT2D eigenvalue weighted by Crippen LogP contribution is -2.30. The molecule has 0 bridgehead atoms. The van der Waals surface area contributed by atoms with E-state index in [-0.39, 0.29) is 18.3 Å². The summed E-state index contributed by atoms with van der Waals surface area (Å²) >= 11 is 1.48. The molecule has 0 aliphatic carbocycles. The average Bonchev–Trinajstić information content (AvgIpc) is 2.98. The molecule has 0 aliphatic rings. The predicted molar refractivity (Wildman–Crippen MR) is 90.0 cm³/mol. The zero-order valence-electron chi connectivity index (χ0n) is 13.1. The minimum atomic E-state index is -0.602. The Bertz CT molecular complexity index is 726. The second-order valence-corrected chi connectivity index (χ2v) is 6.02. The number of aromatic nitrogens is 1. The number of esters is 1. The van der Waals surface area contributed by atoms with Gasteiger partial charge >= 0.3 is 5.97 Å². The van der Waals surface area contributed by atoms with Crippen LogP contribution >= 0.6 is 11.3 Å². The second-order valence-electron chi connectivity index (χ2n) is 4.96. The smallest absolute Gasteiger partial charge is 0.331 e. The Balaban J connectivity index is 1.64. The summed E-state index contributed by atoms with van der Waals surface area (Å²) in [6, 6.07) is 6.06. The van der Waals surface area contributed by atoms with E-state index in [0.29, 0.717) is 18.7 Å². The van der Waals surface area contributed by atoms with Crippen LogP contribution < -0.4 is 5.32 Å². The molecular weight excluding hydrogens is 331 g/mol. The molecule has 0 spiro atoms. The van der Waals surface area contributed by atoms with E-state index in [1.807, 2.05) is 12.3 Å². The van der Waals surface area contributed by atoms with Crippen LogP contribution in [0.25, 0.3) is 6.08 Å². The summed E-state index contributed by atoms with van der Waals surface area (Å²) in [6.45, 7) is 1.91. The highest BCUT2D eigenvalue weighted by atomic mass is 32.1. The molecule has 1 aromatic carbocycles. The quantitative estimate of drug-likeness (QED) is 0.617. The number of halogens is 1. The van der Waals surface area contributed by atoms with Crippen LogP contribution in [-0.2, 0) is 20.7 Å². The summed E-state index contributed by atoms with van der Waals surface area (Å²) in [5.74, 6) is -1.28. The fraction of sp³-hybridized carbons (Fsp3) is 0.235. The Kier molecular flexibility index (Phi) is 6.62. The standard InChI is InChI=1S/C17H17FN2O3S/c1-12-20-15(11-24-12)6-7-17(22)23-10-16(21)19-9-8-13-2-4-14(18)5-3-13/h2-7,11H,8-10H2,1H3,(H,19,21)/b7-6-. The second kappa shape index (κ2) is 8.93. The maximum atomic E-state index is 12.8. The van der Waals surface area contributed by atoms with Gasteiger partial charge in [0.25, 0.3) is 5.91 Å². The number of benzene rings is 1. The van der Waals surface area contributed by atoms with Crippen molar-refractivity contribution in [1.82, 2.24) is 10.3 Å². The van der Waals surface area contributed by atoms with Crippen molar-refractivity contribution in [2.45, 2.75) is 13.3 Å². The van der Waals surface area contributed by atoms with E-state index in [0.717, 1.165) is 10.6 Å². The van der Waals surface area contributed by atoms with Gasteiger partial charge in [0.15, 0.2) is 6.61 Å². The van der Waals surface area contributed by atoms with E-state index in [4.69, 9.17) is 4.74 Å². The molecule has 0 radical (unpaired) electrons. The van der Waals surface area contributed by atoms with E-state index in [1.54, 1.807) is 12.1 Å². The van der Waals surface area contributed by atoms with Gasteiger partial charge in [-0.2, -0.15) is 0 Å². The monoisotopic (exact) mass is 348 g/mol. The Hall–Kier alpha value is -2.54. The van der Waals surface area contributed by atoms with Crippen molar-refractivity contribution in [2.24, 2.45) is 0 Å². The molecule has 0 saturated heterocycles. The number of hydrogen-bond donors (Lipinski definition) is 1. The third kappa shape index (κ3) is 6.29. The Morgan fingerprint density at radius 2 is 2.08 bits per heavy atom. The molecule has 7 heteroatoms. The van der Waals surface area contributed by atoms with Crippen LogP contribution in [0.4, 0.5) is 4.39 Å².